The van der Waals surface area contributed by atoms with E-state index in [9.17, 15) is 5.26 Å². The molecule has 2 heteroatoms. The van der Waals surface area contributed by atoms with E-state index in [2.05, 4.69) is 6.07 Å². The van der Waals surface area contributed by atoms with Crippen molar-refractivity contribution < 1.29 is 4.74 Å². The van der Waals surface area contributed by atoms with Crippen LogP contribution in [0.5, 0.6) is 0 Å². The Kier molecular flexibility index (Phi) is 2.71. The molecule has 0 radical (unpaired) electrons. The molecule has 0 aromatic carbocycles. The zero-order chi connectivity index (χ0) is 12.9. The van der Waals surface area contributed by atoms with Crippen LogP contribution in [0.2, 0.25) is 0 Å². The first-order chi connectivity index (χ1) is 9.21. The Balaban J connectivity index is 1.46. The van der Waals surface area contributed by atoms with Crippen molar-refractivity contribution in [3.8, 4) is 6.07 Å². The van der Waals surface area contributed by atoms with Gasteiger partial charge in [0.15, 0.2) is 0 Å². The normalized spacial score (nSPS) is 46.4. The van der Waals surface area contributed by atoms with Gasteiger partial charge in [-0.2, -0.15) is 5.26 Å². The lowest BCUT2D eigenvalue weighted by Crippen LogP contribution is -2.52. The van der Waals surface area contributed by atoms with Crippen LogP contribution in [0.3, 0.4) is 0 Å². The molecular weight excluding hydrogens is 234 g/mol. The number of hydrogen-bond donors (Lipinski definition) is 0. The number of ether oxygens (including phenoxy) is 1. The van der Waals surface area contributed by atoms with Crippen LogP contribution >= 0.6 is 0 Å². The fourth-order valence-corrected chi connectivity index (χ4v) is 5.84. The monoisotopic (exact) mass is 259 g/mol. The molecule has 5 rings (SSSR count). The number of nitrogens with zero attached hydrogens (tertiary/aromatic N) is 1. The molecule has 5 fully saturated rings. The molecular formula is C17H25NO. The summed E-state index contributed by atoms with van der Waals surface area (Å²) in [6, 6.07) is 2.58. The van der Waals surface area contributed by atoms with Crippen LogP contribution in [-0.4, -0.2) is 12.2 Å². The van der Waals surface area contributed by atoms with Gasteiger partial charge in [0.1, 0.15) is 0 Å². The van der Waals surface area contributed by atoms with E-state index in [0.717, 1.165) is 37.2 Å². The van der Waals surface area contributed by atoms with Crippen LogP contribution in [0.4, 0.5) is 0 Å². The molecule has 0 amide bonds. The first-order valence-corrected chi connectivity index (χ1v) is 8.26. The van der Waals surface area contributed by atoms with E-state index in [-0.39, 0.29) is 11.0 Å². The largest absolute Gasteiger partial charge is 0.373 e. The minimum absolute atomic E-state index is 0.136. The molecule has 0 unspecified atom stereocenters. The second kappa shape index (κ2) is 4.22. The van der Waals surface area contributed by atoms with Gasteiger partial charge in [-0.1, -0.05) is 12.8 Å². The average Bonchev–Trinajstić information content (AvgIpc) is 2.84. The third-order valence-electron chi connectivity index (χ3n) is 6.43. The van der Waals surface area contributed by atoms with Gasteiger partial charge in [0.25, 0.3) is 0 Å². The molecule has 4 bridgehead atoms. The van der Waals surface area contributed by atoms with E-state index in [4.69, 9.17) is 4.74 Å². The SMILES string of the molecule is N#CC1(COC23CC4CC(CC(C4)C2)C3)CCCC1. The summed E-state index contributed by atoms with van der Waals surface area (Å²) in [4.78, 5) is 0. The van der Waals surface area contributed by atoms with Crippen LogP contribution < -0.4 is 0 Å². The van der Waals surface area contributed by atoms with Crippen molar-refractivity contribution in [1.29, 1.82) is 5.26 Å². The molecule has 5 aliphatic rings. The lowest BCUT2D eigenvalue weighted by molar-refractivity contribution is -0.173. The molecule has 0 spiro atoms. The second-order valence-electron chi connectivity index (χ2n) is 7.99. The minimum atomic E-state index is -0.136. The van der Waals surface area contributed by atoms with Gasteiger partial charge >= 0.3 is 0 Å². The highest BCUT2D eigenvalue weighted by molar-refractivity contribution is 5.06. The Labute approximate surface area is 116 Å². The highest BCUT2D eigenvalue weighted by Gasteiger charge is 2.52. The molecule has 5 saturated carbocycles. The third-order valence-corrected chi connectivity index (χ3v) is 6.43. The Morgan fingerprint density at radius 1 is 0.947 bits per heavy atom. The molecule has 2 nitrogen and oxygen atoms in total. The number of rotatable bonds is 3. The second-order valence-corrected chi connectivity index (χ2v) is 7.99. The molecule has 19 heavy (non-hydrogen) atoms. The fourth-order valence-electron chi connectivity index (χ4n) is 5.84. The van der Waals surface area contributed by atoms with Crippen molar-refractivity contribution >= 4 is 0 Å². The summed E-state index contributed by atoms with van der Waals surface area (Å²) >= 11 is 0. The van der Waals surface area contributed by atoms with Gasteiger partial charge in [-0.3, -0.25) is 0 Å². The maximum Gasteiger partial charge on any atom is 0.0807 e. The van der Waals surface area contributed by atoms with Crippen LogP contribution in [-0.2, 0) is 4.74 Å². The first-order valence-electron chi connectivity index (χ1n) is 8.26. The molecule has 0 N–H and O–H groups in total. The Hall–Kier alpha value is -0.550. The van der Waals surface area contributed by atoms with Gasteiger partial charge in [-0.15, -0.1) is 0 Å². The van der Waals surface area contributed by atoms with Gasteiger partial charge in [0.05, 0.1) is 23.7 Å². The summed E-state index contributed by atoms with van der Waals surface area (Å²) in [7, 11) is 0. The van der Waals surface area contributed by atoms with Gasteiger partial charge in [0, 0.05) is 0 Å². The minimum Gasteiger partial charge on any atom is -0.373 e. The number of hydrogen-bond acceptors (Lipinski definition) is 2. The highest BCUT2D eigenvalue weighted by Crippen LogP contribution is 2.57. The van der Waals surface area contributed by atoms with Crippen LogP contribution in [0.1, 0.15) is 64.2 Å². The molecule has 0 atom stereocenters. The van der Waals surface area contributed by atoms with E-state index in [0.29, 0.717) is 0 Å². The highest BCUT2D eigenvalue weighted by atomic mass is 16.5. The lowest BCUT2D eigenvalue weighted by Gasteiger charge is -2.56. The standard InChI is InChI=1S/C17H25NO/c18-11-16(3-1-2-4-16)12-19-17-8-13-5-14(9-17)7-15(6-13)10-17/h13-15H,1-10,12H2. The molecule has 0 aromatic heterocycles. The topological polar surface area (TPSA) is 33.0 Å². The van der Waals surface area contributed by atoms with Crippen LogP contribution in [0.15, 0.2) is 0 Å². The van der Waals surface area contributed by atoms with Crippen molar-refractivity contribution in [3.63, 3.8) is 0 Å². The summed E-state index contributed by atoms with van der Waals surface area (Å²) in [5.74, 6) is 2.81. The van der Waals surface area contributed by atoms with Crippen molar-refractivity contribution in [2.75, 3.05) is 6.61 Å². The summed E-state index contributed by atoms with van der Waals surface area (Å²) in [5.41, 5.74) is 0.0462. The molecule has 0 aromatic rings. The third kappa shape index (κ3) is 2.02. The van der Waals surface area contributed by atoms with Crippen LogP contribution in [0.25, 0.3) is 0 Å². The van der Waals surface area contributed by atoms with Gasteiger partial charge in [0.2, 0.25) is 0 Å². The predicted molar refractivity (Wildman–Crippen MR) is 73.4 cm³/mol. The van der Waals surface area contributed by atoms with E-state index >= 15 is 0 Å². The molecule has 5 aliphatic carbocycles. The fraction of sp³-hybridized carbons (Fsp3) is 0.941. The predicted octanol–water partition coefficient (Wildman–Crippen LogP) is 4.06. The van der Waals surface area contributed by atoms with Gasteiger partial charge < -0.3 is 4.74 Å². The lowest BCUT2D eigenvalue weighted by atomic mass is 9.54. The molecule has 0 aliphatic heterocycles. The first kappa shape index (κ1) is 12.2. The van der Waals surface area contributed by atoms with E-state index in [1.807, 2.05) is 0 Å². The maximum absolute atomic E-state index is 9.50. The van der Waals surface area contributed by atoms with Crippen molar-refractivity contribution in [2.24, 2.45) is 23.2 Å². The zero-order valence-electron chi connectivity index (χ0n) is 11.9. The van der Waals surface area contributed by atoms with Crippen molar-refractivity contribution in [3.05, 3.63) is 0 Å². The van der Waals surface area contributed by atoms with Gasteiger partial charge in [-0.25, -0.2) is 0 Å². The van der Waals surface area contributed by atoms with Gasteiger partial charge in [-0.05, 0) is 69.1 Å². The van der Waals surface area contributed by atoms with E-state index in [1.165, 1.54) is 51.4 Å². The zero-order valence-corrected chi connectivity index (χ0v) is 11.9. The molecule has 0 saturated heterocycles. The summed E-state index contributed by atoms with van der Waals surface area (Å²) < 4.78 is 6.50. The number of nitriles is 1. The molecule has 0 heterocycles. The quantitative estimate of drug-likeness (QED) is 0.766. The van der Waals surface area contributed by atoms with Crippen molar-refractivity contribution in [1.82, 2.24) is 0 Å². The Morgan fingerprint density at radius 2 is 1.47 bits per heavy atom. The Bertz CT molecular complexity index is 367. The maximum atomic E-state index is 9.50. The van der Waals surface area contributed by atoms with Crippen LogP contribution in [0, 0.1) is 34.5 Å². The Morgan fingerprint density at radius 3 is 1.95 bits per heavy atom. The summed E-state index contributed by atoms with van der Waals surface area (Å²) in [6.45, 7) is 0.718. The van der Waals surface area contributed by atoms with E-state index < -0.39 is 0 Å². The summed E-state index contributed by atoms with van der Waals surface area (Å²) in [5, 5.41) is 9.50. The summed E-state index contributed by atoms with van der Waals surface area (Å²) in [6.07, 6.45) is 12.8. The molecule has 104 valence electrons. The van der Waals surface area contributed by atoms with Crippen molar-refractivity contribution in [2.45, 2.75) is 69.8 Å². The smallest absolute Gasteiger partial charge is 0.0807 e. The van der Waals surface area contributed by atoms with E-state index in [1.54, 1.807) is 0 Å². The average molecular weight is 259 g/mol.